The molecule has 0 amide bonds. The van der Waals surface area contributed by atoms with Crippen molar-refractivity contribution in [3.63, 3.8) is 0 Å². The van der Waals surface area contributed by atoms with Gasteiger partial charge in [0, 0.05) is 0 Å². The Morgan fingerprint density at radius 1 is 1.00 bits per heavy atom. The molecule has 0 aromatic carbocycles. The summed E-state index contributed by atoms with van der Waals surface area (Å²) in [5.74, 6) is -0.616. The second-order valence-corrected chi connectivity index (χ2v) is 4.78. The third-order valence-corrected chi connectivity index (χ3v) is 3.18. The first-order valence-corrected chi connectivity index (χ1v) is 6.30. The summed E-state index contributed by atoms with van der Waals surface area (Å²) in [6, 6.07) is 0. The van der Waals surface area contributed by atoms with Gasteiger partial charge in [0.2, 0.25) is 0 Å². The highest BCUT2D eigenvalue weighted by molar-refractivity contribution is 5.74. The lowest BCUT2D eigenvalue weighted by molar-refractivity contribution is -0.149. The Bertz CT molecular complexity index is 165. The van der Waals surface area contributed by atoms with Gasteiger partial charge in [0.1, 0.15) is 0 Å². The first-order chi connectivity index (χ1) is 7.06. The van der Waals surface area contributed by atoms with Crippen LogP contribution in [-0.4, -0.2) is 11.1 Å². The van der Waals surface area contributed by atoms with Crippen molar-refractivity contribution in [1.82, 2.24) is 0 Å². The summed E-state index contributed by atoms with van der Waals surface area (Å²) in [5, 5.41) is 9.23. The van der Waals surface area contributed by atoms with Gasteiger partial charge >= 0.3 is 5.97 Å². The fourth-order valence-corrected chi connectivity index (χ4v) is 1.87. The van der Waals surface area contributed by atoms with Gasteiger partial charge in [-0.05, 0) is 19.8 Å². The zero-order chi connectivity index (χ0) is 11.7. The SMILES string of the molecule is CCCCCC(C)(CCCCC)C(=O)O. The van der Waals surface area contributed by atoms with Crippen LogP contribution >= 0.6 is 0 Å². The fraction of sp³-hybridized carbons (Fsp3) is 0.923. The van der Waals surface area contributed by atoms with Crippen LogP contribution in [0.15, 0.2) is 0 Å². The summed E-state index contributed by atoms with van der Waals surface area (Å²) in [6.45, 7) is 6.20. The van der Waals surface area contributed by atoms with Crippen LogP contribution in [0.1, 0.15) is 72.1 Å². The Balaban J connectivity index is 4.01. The smallest absolute Gasteiger partial charge is 0.309 e. The average Bonchev–Trinajstić information content (AvgIpc) is 2.18. The first kappa shape index (κ1) is 14.5. The Kier molecular flexibility index (Phi) is 7.45. The van der Waals surface area contributed by atoms with E-state index in [2.05, 4.69) is 13.8 Å². The quantitative estimate of drug-likeness (QED) is 0.583. The number of aliphatic carboxylic acids is 1. The molecule has 0 saturated carbocycles. The Morgan fingerprint density at radius 2 is 1.40 bits per heavy atom. The van der Waals surface area contributed by atoms with Crippen molar-refractivity contribution in [3.8, 4) is 0 Å². The van der Waals surface area contributed by atoms with Crippen molar-refractivity contribution in [3.05, 3.63) is 0 Å². The summed E-state index contributed by atoms with van der Waals surface area (Å²) in [5.41, 5.74) is -0.482. The van der Waals surface area contributed by atoms with E-state index in [0.717, 1.165) is 51.4 Å². The van der Waals surface area contributed by atoms with Gasteiger partial charge in [-0.15, -0.1) is 0 Å². The number of unbranched alkanes of at least 4 members (excludes halogenated alkanes) is 4. The van der Waals surface area contributed by atoms with E-state index >= 15 is 0 Å². The van der Waals surface area contributed by atoms with Gasteiger partial charge < -0.3 is 5.11 Å². The van der Waals surface area contributed by atoms with Crippen molar-refractivity contribution in [1.29, 1.82) is 0 Å². The van der Waals surface area contributed by atoms with E-state index in [-0.39, 0.29) is 0 Å². The molecule has 2 nitrogen and oxygen atoms in total. The van der Waals surface area contributed by atoms with Gasteiger partial charge in [0.05, 0.1) is 5.41 Å². The van der Waals surface area contributed by atoms with Crippen LogP contribution in [-0.2, 0) is 4.79 Å². The van der Waals surface area contributed by atoms with Gasteiger partial charge in [0.15, 0.2) is 0 Å². The van der Waals surface area contributed by atoms with Crippen molar-refractivity contribution in [2.75, 3.05) is 0 Å². The number of hydrogen-bond acceptors (Lipinski definition) is 1. The largest absolute Gasteiger partial charge is 0.481 e. The Labute approximate surface area is 94.1 Å². The van der Waals surface area contributed by atoms with Crippen LogP contribution in [0.2, 0.25) is 0 Å². The molecule has 0 spiro atoms. The molecule has 0 unspecified atom stereocenters. The van der Waals surface area contributed by atoms with E-state index in [1.807, 2.05) is 6.92 Å². The molecule has 0 atom stereocenters. The predicted octanol–water partition coefficient (Wildman–Crippen LogP) is 4.24. The first-order valence-electron chi connectivity index (χ1n) is 6.30. The monoisotopic (exact) mass is 214 g/mol. The van der Waals surface area contributed by atoms with Crippen molar-refractivity contribution in [2.24, 2.45) is 5.41 Å². The number of rotatable bonds is 9. The second-order valence-electron chi connectivity index (χ2n) is 4.78. The molecule has 0 bridgehead atoms. The molecule has 2 heteroatoms. The Hall–Kier alpha value is -0.530. The third-order valence-electron chi connectivity index (χ3n) is 3.18. The zero-order valence-corrected chi connectivity index (χ0v) is 10.5. The van der Waals surface area contributed by atoms with Gasteiger partial charge in [-0.2, -0.15) is 0 Å². The highest BCUT2D eigenvalue weighted by Gasteiger charge is 2.31. The summed E-state index contributed by atoms with van der Waals surface area (Å²) in [7, 11) is 0. The number of hydrogen-bond donors (Lipinski definition) is 1. The molecule has 0 radical (unpaired) electrons. The van der Waals surface area contributed by atoms with Gasteiger partial charge in [-0.25, -0.2) is 0 Å². The molecule has 0 saturated heterocycles. The number of carbonyl (C=O) groups is 1. The summed E-state index contributed by atoms with van der Waals surface area (Å²) >= 11 is 0. The van der Waals surface area contributed by atoms with Gasteiger partial charge in [-0.1, -0.05) is 52.4 Å². The predicted molar refractivity (Wildman–Crippen MR) is 64.0 cm³/mol. The molecule has 15 heavy (non-hydrogen) atoms. The minimum atomic E-state index is -0.616. The molecular weight excluding hydrogens is 188 g/mol. The van der Waals surface area contributed by atoms with E-state index < -0.39 is 11.4 Å². The third kappa shape index (κ3) is 5.81. The molecule has 90 valence electrons. The summed E-state index contributed by atoms with van der Waals surface area (Å²) < 4.78 is 0. The molecule has 0 aromatic rings. The Morgan fingerprint density at radius 3 is 1.67 bits per heavy atom. The van der Waals surface area contributed by atoms with Crippen LogP contribution < -0.4 is 0 Å². The molecule has 0 rings (SSSR count). The topological polar surface area (TPSA) is 37.3 Å². The lowest BCUT2D eigenvalue weighted by Gasteiger charge is -2.24. The number of carboxylic acid groups (broad SMARTS) is 1. The molecule has 0 aliphatic rings. The molecule has 0 heterocycles. The fourth-order valence-electron chi connectivity index (χ4n) is 1.87. The average molecular weight is 214 g/mol. The van der Waals surface area contributed by atoms with Crippen LogP contribution in [0.4, 0.5) is 0 Å². The van der Waals surface area contributed by atoms with Gasteiger partial charge in [0.25, 0.3) is 0 Å². The standard InChI is InChI=1S/C13H26O2/c1-4-6-8-10-13(3,12(14)15)11-9-7-5-2/h4-11H2,1-3H3,(H,14,15). The van der Waals surface area contributed by atoms with Gasteiger partial charge in [-0.3, -0.25) is 4.79 Å². The summed E-state index contributed by atoms with van der Waals surface area (Å²) in [4.78, 5) is 11.2. The van der Waals surface area contributed by atoms with Crippen LogP contribution in [0.5, 0.6) is 0 Å². The highest BCUT2D eigenvalue weighted by atomic mass is 16.4. The van der Waals surface area contributed by atoms with E-state index in [1.165, 1.54) is 0 Å². The van der Waals surface area contributed by atoms with Crippen molar-refractivity contribution >= 4 is 5.97 Å². The van der Waals surface area contributed by atoms with E-state index in [4.69, 9.17) is 0 Å². The molecule has 0 fully saturated rings. The molecule has 0 aromatic heterocycles. The van der Waals surface area contributed by atoms with Crippen molar-refractivity contribution < 1.29 is 9.90 Å². The maximum atomic E-state index is 11.2. The summed E-state index contributed by atoms with van der Waals surface area (Å²) in [6.07, 6.45) is 8.37. The van der Waals surface area contributed by atoms with Crippen LogP contribution in [0.3, 0.4) is 0 Å². The molecule has 0 aliphatic heterocycles. The van der Waals surface area contributed by atoms with Crippen LogP contribution in [0.25, 0.3) is 0 Å². The van der Waals surface area contributed by atoms with E-state index in [9.17, 15) is 9.90 Å². The molecular formula is C13H26O2. The van der Waals surface area contributed by atoms with E-state index in [1.54, 1.807) is 0 Å². The second kappa shape index (κ2) is 7.72. The maximum absolute atomic E-state index is 11.2. The minimum Gasteiger partial charge on any atom is -0.481 e. The van der Waals surface area contributed by atoms with E-state index in [0.29, 0.717) is 0 Å². The molecule has 1 N–H and O–H groups in total. The van der Waals surface area contributed by atoms with Crippen LogP contribution in [0, 0.1) is 5.41 Å². The minimum absolute atomic E-state index is 0.482. The number of carboxylic acids is 1. The maximum Gasteiger partial charge on any atom is 0.309 e. The zero-order valence-electron chi connectivity index (χ0n) is 10.5. The highest BCUT2D eigenvalue weighted by Crippen LogP contribution is 2.31. The normalized spacial score (nSPS) is 11.7. The lowest BCUT2D eigenvalue weighted by atomic mass is 9.80. The van der Waals surface area contributed by atoms with Crippen molar-refractivity contribution in [2.45, 2.75) is 72.1 Å². The lowest BCUT2D eigenvalue weighted by Crippen LogP contribution is -2.27. The molecule has 0 aliphatic carbocycles.